The minimum absolute atomic E-state index is 0.189. The Morgan fingerprint density at radius 1 is 1.10 bits per heavy atom. The topological polar surface area (TPSA) is 51.8 Å². The zero-order chi connectivity index (χ0) is 15.6. The predicted molar refractivity (Wildman–Crippen MR) is 88.9 cm³/mol. The summed E-state index contributed by atoms with van der Waals surface area (Å²) in [5.41, 5.74) is 11.7. The molecule has 0 spiro atoms. The fraction of sp³-hybridized carbons (Fsp3) is 0.412. The standard InChI is InChI=1S/C17H23N3S/c1-10-8-15(9-11(2)18)6-7-16(10)21-17-19-13(4)12(3)14(5)20-17/h6-8,11H,9,18H2,1-5H3. The van der Waals surface area contributed by atoms with E-state index in [-0.39, 0.29) is 6.04 Å². The van der Waals surface area contributed by atoms with Gasteiger partial charge in [-0.1, -0.05) is 12.1 Å². The number of hydrogen-bond acceptors (Lipinski definition) is 4. The van der Waals surface area contributed by atoms with Gasteiger partial charge in [0.15, 0.2) is 5.16 Å². The summed E-state index contributed by atoms with van der Waals surface area (Å²) in [4.78, 5) is 10.3. The molecule has 0 aliphatic carbocycles. The van der Waals surface area contributed by atoms with E-state index in [0.29, 0.717) is 0 Å². The second-order valence-corrected chi connectivity index (χ2v) is 6.69. The highest BCUT2D eigenvalue weighted by atomic mass is 32.2. The lowest BCUT2D eigenvalue weighted by atomic mass is 10.1. The van der Waals surface area contributed by atoms with E-state index in [1.165, 1.54) is 21.6 Å². The van der Waals surface area contributed by atoms with Crippen molar-refractivity contribution < 1.29 is 0 Å². The van der Waals surface area contributed by atoms with Crippen LogP contribution in [0.5, 0.6) is 0 Å². The zero-order valence-electron chi connectivity index (χ0n) is 13.4. The summed E-state index contributed by atoms with van der Waals surface area (Å²) in [5, 5.41) is 0.818. The minimum Gasteiger partial charge on any atom is -0.328 e. The first-order valence-electron chi connectivity index (χ1n) is 7.21. The molecule has 0 radical (unpaired) electrons. The molecule has 21 heavy (non-hydrogen) atoms. The maximum absolute atomic E-state index is 5.86. The Kier molecular flexibility index (Phi) is 5.01. The summed E-state index contributed by atoms with van der Waals surface area (Å²) in [5.74, 6) is 0. The van der Waals surface area contributed by atoms with Gasteiger partial charge in [-0.2, -0.15) is 0 Å². The molecule has 0 saturated carbocycles. The number of aromatic nitrogens is 2. The van der Waals surface area contributed by atoms with Crippen LogP contribution in [0.3, 0.4) is 0 Å². The highest BCUT2D eigenvalue weighted by molar-refractivity contribution is 7.99. The number of nitrogens with two attached hydrogens (primary N) is 1. The highest BCUT2D eigenvalue weighted by Crippen LogP contribution is 2.29. The van der Waals surface area contributed by atoms with Gasteiger partial charge in [-0.05, 0) is 75.6 Å². The summed E-state index contributed by atoms with van der Waals surface area (Å²) < 4.78 is 0. The first-order chi connectivity index (χ1) is 9.86. The number of hydrogen-bond donors (Lipinski definition) is 1. The van der Waals surface area contributed by atoms with Crippen molar-refractivity contribution >= 4 is 11.8 Å². The molecule has 1 atom stereocenters. The van der Waals surface area contributed by atoms with Crippen LogP contribution < -0.4 is 5.73 Å². The highest BCUT2D eigenvalue weighted by Gasteiger charge is 2.09. The number of nitrogens with zero attached hydrogens (tertiary/aromatic N) is 2. The lowest BCUT2D eigenvalue weighted by molar-refractivity contribution is 0.737. The van der Waals surface area contributed by atoms with Gasteiger partial charge in [-0.3, -0.25) is 0 Å². The van der Waals surface area contributed by atoms with E-state index in [1.807, 2.05) is 20.8 Å². The van der Waals surface area contributed by atoms with E-state index >= 15 is 0 Å². The summed E-state index contributed by atoms with van der Waals surface area (Å²) in [7, 11) is 0. The van der Waals surface area contributed by atoms with Gasteiger partial charge in [0.05, 0.1) is 0 Å². The molecule has 2 aromatic rings. The normalized spacial score (nSPS) is 12.5. The first-order valence-corrected chi connectivity index (χ1v) is 8.03. The maximum atomic E-state index is 5.86. The molecule has 0 amide bonds. The molecule has 0 aliphatic heterocycles. The summed E-state index contributed by atoms with van der Waals surface area (Å²) in [6, 6.07) is 6.69. The van der Waals surface area contributed by atoms with Gasteiger partial charge < -0.3 is 5.73 Å². The lowest BCUT2D eigenvalue weighted by Gasteiger charge is -2.11. The van der Waals surface area contributed by atoms with Gasteiger partial charge >= 0.3 is 0 Å². The first kappa shape index (κ1) is 16.0. The average molecular weight is 301 g/mol. The molecule has 2 rings (SSSR count). The molecule has 0 bridgehead atoms. The SMILES string of the molecule is Cc1cc(CC(C)N)ccc1Sc1nc(C)c(C)c(C)n1. The molecule has 112 valence electrons. The second-order valence-electron chi connectivity index (χ2n) is 5.69. The maximum Gasteiger partial charge on any atom is 0.192 e. The van der Waals surface area contributed by atoms with E-state index in [2.05, 4.69) is 42.0 Å². The zero-order valence-corrected chi connectivity index (χ0v) is 14.2. The molecule has 0 fully saturated rings. The van der Waals surface area contributed by atoms with E-state index in [0.717, 1.165) is 23.0 Å². The smallest absolute Gasteiger partial charge is 0.192 e. The third kappa shape index (κ3) is 4.05. The van der Waals surface area contributed by atoms with Crippen molar-refractivity contribution in [1.29, 1.82) is 0 Å². The Hall–Kier alpha value is -1.39. The van der Waals surface area contributed by atoms with Crippen LogP contribution in [0.2, 0.25) is 0 Å². The van der Waals surface area contributed by atoms with Gasteiger partial charge in [0.1, 0.15) is 0 Å². The summed E-state index contributed by atoms with van der Waals surface area (Å²) in [6.07, 6.45) is 0.908. The molecule has 0 saturated heterocycles. The van der Waals surface area contributed by atoms with E-state index < -0.39 is 0 Å². The fourth-order valence-corrected chi connectivity index (χ4v) is 3.13. The fourth-order valence-electron chi connectivity index (χ4n) is 2.21. The quantitative estimate of drug-likeness (QED) is 0.874. The minimum atomic E-state index is 0.189. The predicted octanol–water partition coefficient (Wildman–Crippen LogP) is 3.75. The van der Waals surface area contributed by atoms with Crippen molar-refractivity contribution in [2.75, 3.05) is 0 Å². The Morgan fingerprint density at radius 2 is 1.71 bits per heavy atom. The van der Waals surface area contributed by atoms with Crippen LogP contribution >= 0.6 is 11.8 Å². The van der Waals surface area contributed by atoms with E-state index in [1.54, 1.807) is 11.8 Å². The van der Waals surface area contributed by atoms with Gasteiger partial charge in [0, 0.05) is 22.3 Å². The van der Waals surface area contributed by atoms with Gasteiger partial charge in [0.2, 0.25) is 0 Å². The van der Waals surface area contributed by atoms with Crippen molar-refractivity contribution in [3.8, 4) is 0 Å². The molecular weight excluding hydrogens is 278 g/mol. The largest absolute Gasteiger partial charge is 0.328 e. The van der Waals surface area contributed by atoms with E-state index in [4.69, 9.17) is 5.73 Å². The molecule has 1 aromatic carbocycles. The lowest BCUT2D eigenvalue weighted by Crippen LogP contribution is -2.17. The van der Waals surface area contributed by atoms with Crippen LogP contribution in [0.15, 0.2) is 28.3 Å². The molecule has 2 N–H and O–H groups in total. The van der Waals surface area contributed by atoms with Crippen molar-refractivity contribution in [3.05, 3.63) is 46.3 Å². The third-order valence-corrected chi connectivity index (χ3v) is 4.65. The van der Waals surface area contributed by atoms with Crippen molar-refractivity contribution in [2.45, 2.75) is 57.1 Å². The molecule has 3 nitrogen and oxygen atoms in total. The summed E-state index contributed by atoms with van der Waals surface area (Å²) >= 11 is 1.63. The van der Waals surface area contributed by atoms with Crippen molar-refractivity contribution in [1.82, 2.24) is 9.97 Å². The number of aryl methyl sites for hydroxylation is 3. The van der Waals surface area contributed by atoms with Crippen LogP contribution in [-0.2, 0) is 6.42 Å². The van der Waals surface area contributed by atoms with Crippen LogP contribution in [0.25, 0.3) is 0 Å². The molecule has 0 aliphatic rings. The Labute approximate surface area is 131 Å². The molecule has 1 aromatic heterocycles. The van der Waals surface area contributed by atoms with Crippen molar-refractivity contribution in [2.24, 2.45) is 5.73 Å². The number of benzene rings is 1. The average Bonchev–Trinajstić information content (AvgIpc) is 2.38. The van der Waals surface area contributed by atoms with Gasteiger partial charge in [-0.15, -0.1) is 0 Å². The second kappa shape index (κ2) is 6.58. The summed E-state index contributed by atoms with van der Waals surface area (Å²) in [6.45, 7) is 10.3. The monoisotopic (exact) mass is 301 g/mol. The molecule has 1 heterocycles. The molecule has 1 unspecified atom stereocenters. The van der Waals surface area contributed by atoms with Gasteiger partial charge in [0.25, 0.3) is 0 Å². The molecular formula is C17H23N3S. The van der Waals surface area contributed by atoms with Crippen molar-refractivity contribution in [3.63, 3.8) is 0 Å². The third-order valence-electron chi connectivity index (χ3n) is 3.61. The Balaban J connectivity index is 2.24. The Morgan fingerprint density at radius 3 is 2.24 bits per heavy atom. The Bertz CT molecular complexity index is 627. The van der Waals surface area contributed by atoms with E-state index in [9.17, 15) is 0 Å². The van der Waals surface area contributed by atoms with Crippen LogP contribution in [0.4, 0.5) is 0 Å². The van der Waals surface area contributed by atoms with Gasteiger partial charge in [-0.25, -0.2) is 9.97 Å². The van der Waals surface area contributed by atoms with Crippen LogP contribution in [0, 0.1) is 27.7 Å². The molecule has 4 heteroatoms. The van der Waals surface area contributed by atoms with Crippen LogP contribution in [0.1, 0.15) is 35.0 Å². The number of rotatable bonds is 4. The van der Waals surface area contributed by atoms with Crippen LogP contribution in [-0.4, -0.2) is 16.0 Å².